The van der Waals surface area contributed by atoms with Gasteiger partial charge in [0.2, 0.25) is 0 Å². The van der Waals surface area contributed by atoms with Crippen LogP contribution < -0.4 is 0 Å². The molecule has 144 valence electrons. The molecule has 7 heteroatoms. The average molecular weight is 365 g/mol. The maximum atomic E-state index is 12.9. The molecule has 0 bridgehead atoms. The van der Waals surface area contributed by atoms with E-state index in [1.165, 1.54) is 14.2 Å². The van der Waals surface area contributed by atoms with E-state index in [-0.39, 0.29) is 12.6 Å². The van der Waals surface area contributed by atoms with Crippen molar-refractivity contribution in [2.45, 2.75) is 45.5 Å². The molecule has 0 N–H and O–H groups in total. The Labute approximate surface area is 155 Å². The Morgan fingerprint density at radius 1 is 1.23 bits per heavy atom. The number of likely N-dealkylation sites (tertiary alicyclic amines) is 1. The highest BCUT2D eigenvalue weighted by molar-refractivity contribution is 5.79. The van der Waals surface area contributed by atoms with E-state index in [2.05, 4.69) is 0 Å². The van der Waals surface area contributed by atoms with Gasteiger partial charge in [-0.3, -0.25) is 4.84 Å². The van der Waals surface area contributed by atoms with Crippen LogP contribution in [0.25, 0.3) is 0 Å². The van der Waals surface area contributed by atoms with Crippen molar-refractivity contribution in [3.05, 3.63) is 35.9 Å². The normalized spacial score (nSPS) is 22.9. The molecule has 0 aromatic heterocycles. The van der Waals surface area contributed by atoms with Crippen LogP contribution in [0.15, 0.2) is 30.3 Å². The van der Waals surface area contributed by atoms with E-state index in [0.717, 1.165) is 10.6 Å². The van der Waals surface area contributed by atoms with Gasteiger partial charge >= 0.3 is 12.1 Å². The number of nitrogens with zero attached hydrogens (tertiary/aromatic N) is 2. The lowest BCUT2D eigenvalue weighted by Crippen LogP contribution is -2.61. The molecule has 1 heterocycles. The van der Waals surface area contributed by atoms with Crippen molar-refractivity contribution in [2.75, 3.05) is 27.2 Å². The van der Waals surface area contributed by atoms with E-state index in [1.807, 2.05) is 30.3 Å². The molecular formula is C19H29N2O5+. The van der Waals surface area contributed by atoms with Crippen LogP contribution in [0.2, 0.25) is 0 Å². The molecule has 1 aromatic rings. The van der Waals surface area contributed by atoms with Crippen LogP contribution in [0.4, 0.5) is 9.59 Å². The Hall–Kier alpha value is -1.96. The molecule has 1 aliphatic heterocycles. The highest BCUT2D eigenvalue weighted by Crippen LogP contribution is 2.28. The average Bonchev–Trinajstić information content (AvgIpc) is 3.03. The second-order valence-electron chi connectivity index (χ2n) is 7.52. The Morgan fingerprint density at radius 2 is 1.88 bits per heavy atom. The molecule has 1 unspecified atom stereocenters. The van der Waals surface area contributed by atoms with Gasteiger partial charge in [-0.05, 0) is 26.3 Å². The van der Waals surface area contributed by atoms with E-state index < -0.39 is 22.2 Å². The SMILES string of the molecule is CON(C)C(=O)[N+]1(C(=O)OC(C)(C)C)CC[C@@H](OCc2ccccc2)C1. The summed E-state index contributed by atoms with van der Waals surface area (Å²) >= 11 is 0. The summed E-state index contributed by atoms with van der Waals surface area (Å²) in [7, 11) is 2.88. The summed E-state index contributed by atoms with van der Waals surface area (Å²) in [4.78, 5) is 30.7. The fourth-order valence-corrected chi connectivity index (χ4v) is 2.93. The number of hydrogen-bond donors (Lipinski definition) is 0. The number of rotatable bonds is 4. The Kier molecular flexibility index (Phi) is 6.39. The summed E-state index contributed by atoms with van der Waals surface area (Å²) < 4.78 is 11.0. The third-order valence-corrected chi connectivity index (χ3v) is 4.33. The zero-order valence-corrected chi connectivity index (χ0v) is 16.2. The fourth-order valence-electron chi connectivity index (χ4n) is 2.93. The minimum Gasteiger partial charge on any atom is -0.414 e. The fraction of sp³-hybridized carbons (Fsp3) is 0.579. The Balaban J connectivity index is 2.13. The smallest absolute Gasteiger partial charge is 0.414 e. The quantitative estimate of drug-likeness (QED) is 0.605. The highest BCUT2D eigenvalue weighted by atomic mass is 16.7. The first-order valence-corrected chi connectivity index (χ1v) is 8.76. The van der Waals surface area contributed by atoms with Crippen molar-refractivity contribution < 1.29 is 28.4 Å². The molecule has 1 fully saturated rings. The molecule has 26 heavy (non-hydrogen) atoms. The maximum absolute atomic E-state index is 12.9. The lowest BCUT2D eigenvalue weighted by molar-refractivity contribution is -0.773. The van der Waals surface area contributed by atoms with Crippen LogP contribution in [0.1, 0.15) is 32.8 Å². The maximum Gasteiger partial charge on any atom is 0.525 e. The number of urea groups is 1. The second-order valence-corrected chi connectivity index (χ2v) is 7.52. The molecule has 0 radical (unpaired) electrons. The molecule has 0 aliphatic carbocycles. The number of imide groups is 1. The van der Waals surface area contributed by atoms with Crippen LogP contribution >= 0.6 is 0 Å². The van der Waals surface area contributed by atoms with Gasteiger partial charge in [0.05, 0.1) is 13.7 Å². The van der Waals surface area contributed by atoms with E-state index >= 15 is 0 Å². The summed E-state index contributed by atoms with van der Waals surface area (Å²) in [5.74, 6) is 0. The summed E-state index contributed by atoms with van der Waals surface area (Å²) in [5, 5.41) is 1.07. The Morgan fingerprint density at radius 3 is 2.46 bits per heavy atom. The van der Waals surface area contributed by atoms with Gasteiger partial charge in [-0.25, -0.2) is 4.79 Å². The van der Waals surface area contributed by atoms with E-state index in [9.17, 15) is 9.59 Å². The number of hydrogen-bond acceptors (Lipinski definition) is 5. The van der Waals surface area contributed by atoms with Gasteiger partial charge in [0.25, 0.3) is 0 Å². The van der Waals surface area contributed by atoms with Gasteiger partial charge in [-0.2, -0.15) is 9.86 Å². The third kappa shape index (κ3) is 4.81. The third-order valence-electron chi connectivity index (χ3n) is 4.33. The van der Waals surface area contributed by atoms with Crippen molar-refractivity contribution in [3.63, 3.8) is 0 Å². The van der Waals surface area contributed by atoms with Crippen LogP contribution in [-0.2, 0) is 20.9 Å². The molecule has 2 rings (SSSR count). The molecule has 7 nitrogen and oxygen atoms in total. The predicted molar refractivity (Wildman–Crippen MR) is 96.0 cm³/mol. The number of carbonyl (C=O) groups is 2. The number of hydroxylamine groups is 2. The minimum absolute atomic E-state index is 0.211. The first kappa shape index (κ1) is 20.4. The van der Waals surface area contributed by atoms with E-state index in [4.69, 9.17) is 14.3 Å². The minimum atomic E-state index is -0.683. The number of benzene rings is 1. The molecule has 2 atom stereocenters. The van der Waals surface area contributed by atoms with Crippen LogP contribution in [0, 0.1) is 0 Å². The first-order chi connectivity index (χ1) is 12.2. The van der Waals surface area contributed by atoms with Crippen molar-refractivity contribution >= 4 is 12.1 Å². The standard InChI is InChI=1S/C19H29N2O5/c1-19(2,3)26-18(23)21(17(22)20(4)24-5)12-11-16(13-21)25-14-15-9-7-6-8-10-15/h6-10,16H,11-14H2,1-5H3/q+1/t16-,21?/m1/s1. The van der Waals surface area contributed by atoms with Crippen molar-refractivity contribution in [3.8, 4) is 0 Å². The zero-order valence-electron chi connectivity index (χ0n) is 16.2. The first-order valence-electron chi connectivity index (χ1n) is 8.76. The molecule has 1 aliphatic rings. The molecule has 0 saturated carbocycles. The van der Waals surface area contributed by atoms with Crippen LogP contribution in [0.5, 0.6) is 0 Å². The van der Waals surface area contributed by atoms with Crippen LogP contribution in [0.3, 0.4) is 0 Å². The second kappa shape index (κ2) is 8.16. The number of amides is 3. The monoisotopic (exact) mass is 365 g/mol. The number of quaternary nitrogens is 1. The zero-order chi connectivity index (χ0) is 19.4. The molecule has 3 amide bonds. The van der Waals surface area contributed by atoms with E-state index in [1.54, 1.807) is 20.8 Å². The summed E-state index contributed by atoms with van der Waals surface area (Å²) in [6.45, 7) is 6.34. The van der Waals surface area contributed by atoms with E-state index in [0.29, 0.717) is 19.6 Å². The lowest BCUT2D eigenvalue weighted by atomic mass is 10.2. The van der Waals surface area contributed by atoms with Gasteiger partial charge in [0.1, 0.15) is 24.8 Å². The van der Waals surface area contributed by atoms with Crippen LogP contribution in [-0.4, -0.2) is 60.6 Å². The number of ether oxygens (including phenoxy) is 2. The van der Waals surface area contributed by atoms with Gasteiger partial charge in [0.15, 0.2) is 0 Å². The molecule has 0 spiro atoms. The van der Waals surface area contributed by atoms with Gasteiger partial charge in [-0.15, -0.1) is 4.48 Å². The summed E-state index contributed by atoms with van der Waals surface area (Å²) in [5.41, 5.74) is 0.368. The van der Waals surface area contributed by atoms with Gasteiger partial charge < -0.3 is 9.47 Å². The van der Waals surface area contributed by atoms with Gasteiger partial charge in [-0.1, -0.05) is 30.3 Å². The molecule has 1 saturated heterocycles. The largest absolute Gasteiger partial charge is 0.525 e. The molecular weight excluding hydrogens is 336 g/mol. The van der Waals surface area contributed by atoms with Gasteiger partial charge in [0, 0.05) is 13.5 Å². The highest BCUT2D eigenvalue weighted by Gasteiger charge is 2.55. The number of carbonyl (C=O) groups excluding carboxylic acids is 2. The summed E-state index contributed by atoms with van der Waals surface area (Å²) in [6.07, 6.45) is -0.191. The Bertz CT molecular complexity index is 629. The lowest BCUT2D eigenvalue weighted by Gasteiger charge is -2.32. The van der Waals surface area contributed by atoms with Crippen molar-refractivity contribution in [1.29, 1.82) is 0 Å². The summed E-state index contributed by atoms with van der Waals surface area (Å²) in [6, 6.07) is 9.36. The van der Waals surface area contributed by atoms with Crippen molar-refractivity contribution in [1.82, 2.24) is 5.06 Å². The topological polar surface area (TPSA) is 65.1 Å². The molecule has 1 aromatic carbocycles. The predicted octanol–water partition coefficient (Wildman–Crippen LogP) is 3.34. The van der Waals surface area contributed by atoms with Crippen molar-refractivity contribution in [2.24, 2.45) is 0 Å².